The molecule has 0 spiro atoms. The summed E-state index contributed by atoms with van der Waals surface area (Å²) in [7, 11) is 1.66. The van der Waals surface area contributed by atoms with E-state index in [0.717, 1.165) is 33.5 Å². The zero-order valence-electron chi connectivity index (χ0n) is 17.3. The Morgan fingerprint density at radius 3 is 2.46 bits per heavy atom. The van der Waals surface area contributed by atoms with E-state index in [2.05, 4.69) is 25.8 Å². The van der Waals surface area contributed by atoms with Crippen molar-refractivity contribution < 1.29 is 14.6 Å². The van der Waals surface area contributed by atoms with Crippen LogP contribution in [-0.2, 0) is 6.54 Å². The highest BCUT2D eigenvalue weighted by Gasteiger charge is 2.28. The molecule has 0 aliphatic carbocycles. The Morgan fingerprint density at radius 2 is 1.82 bits per heavy atom. The van der Waals surface area contributed by atoms with Crippen molar-refractivity contribution in [3.05, 3.63) is 59.8 Å². The fraction of sp³-hybridized carbons (Fsp3) is 0.391. The van der Waals surface area contributed by atoms with Crippen LogP contribution in [0.3, 0.4) is 0 Å². The van der Waals surface area contributed by atoms with Crippen molar-refractivity contribution in [3.63, 3.8) is 0 Å². The number of aromatic nitrogens is 1. The number of nitrogens with one attached hydrogen (secondary N) is 1. The van der Waals surface area contributed by atoms with Gasteiger partial charge in [-0.15, -0.1) is 0 Å². The maximum atomic E-state index is 10.9. The van der Waals surface area contributed by atoms with Crippen LogP contribution in [0.4, 0.5) is 0 Å². The molecule has 0 saturated heterocycles. The molecule has 0 saturated carbocycles. The molecule has 5 heteroatoms. The third kappa shape index (κ3) is 4.49. The van der Waals surface area contributed by atoms with E-state index in [-0.39, 0.29) is 12.1 Å². The van der Waals surface area contributed by atoms with Crippen molar-refractivity contribution in [2.24, 2.45) is 0 Å². The number of aromatic amines is 1. The summed E-state index contributed by atoms with van der Waals surface area (Å²) in [5.41, 5.74) is 3.05. The molecule has 0 radical (unpaired) electrons. The molecular formula is C23H30N2O3. The molecule has 0 aliphatic heterocycles. The van der Waals surface area contributed by atoms with E-state index in [1.807, 2.05) is 60.5 Å². The summed E-state index contributed by atoms with van der Waals surface area (Å²) in [6.07, 6.45) is 1.23. The molecule has 0 fully saturated rings. The third-order valence-corrected chi connectivity index (χ3v) is 4.99. The lowest BCUT2D eigenvalue weighted by Gasteiger charge is -2.39. The quantitative estimate of drug-likeness (QED) is 0.592. The maximum absolute atomic E-state index is 10.9. The van der Waals surface area contributed by atoms with E-state index in [1.165, 1.54) is 0 Å². The average molecular weight is 383 g/mol. The molecular weight excluding hydrogens is 352 g/mol. The summed E-state index contributed by atoms with van der Waals surface area (Å²) in [6, 6.07) is 13.9. The molecule has 150 valence electrons. The topological polar surface area (TPSA) is 57.7 Å². The van der Waals surface area contributed by atoms with Gasteiger partial charge in [-0.2, -0.15) is 0 Å². The summed E-state index contributed by atoms with van der Waals surface area (Å²) in [5, 5.41) is 12.0. The van der Waals surface area contributed by atoms with Crippen LogP contribution >= 0.6 is 0 Å². The number of rotatable bonds is 7. The number of methoxy groups -OCH3 is 1. The summed E-state index contributed by atoms with van der Waals surface area (Å²) >= 11 is 0. The lowest BCUT2D eigenvalue weighted by molar-refractivity contribution is -0.0783. The Morgan fingerprint density at radius 1 is 1.11 bits per heavy atom. The number of benzene rings is 2. The van der Waals surface area contributed by atoms with Crippen LogP contribution in [0.2, 0.25) is 0 Å². The van der Waals surface area contributed by atoms with Gasteiger partial charge in [0.05, 0.1) is 7.11 Å². The van der Waals surface area contributed by atoms with Crippen molar-refractivity contribution in [1.29, 1.82) is 0 Å². The van der Waals surface area contributed by atoms with Crippen LogP contribution in [0.15, 0.2) is 48.7 Å². The van der Waals surface area contributed by atoms with Gasteiger partial charge in [-0.05, 0) is 63.1 Å². The minimum Gasteiger partial charge on any atom is -0.497 e. The Balaban J connectivity index is 1.74. The Labute approximate surface area is 166 Å². The fourth-order valence-electron chi connectivity index (χ4n) is 3.41. The van der Waals surface area contributed by atoms with Crippen molar-refractivity contribution in [2.45, 2.75) is 46.0 Å². The fourth-order valence-corrected chi connectivity index (χ4v) is 3.41. The second-order valence-corrected chi connectivity index (χ2v) is 8.09. The molecule has 0 amide bonds. The smallest absolute Gasteiger partial charge is 0.142 e. The molecule has 2 aromatic carbocycles. The van der Waals surface area contributed by atoms with Crippen LogP contribution in [0.5, 0.6) is 11.5 Å². The van der Waals surface area contributed by atoms with Gasteiger partial charge in [0.1, 0.15) is 24.3 Å². The van der Waals surface area contributed by atoms with Gasteiger partial charge in [-0.3, -0.25) is 4.90 Å². The van der Waals surface area contributed by atoms with Crippen LogP contribution in [0.1, 0.15) is 31.9 Å². The molecule has 0 unspecified atom stereocenters. The number of fused-ring (bicyclic) bond motifs is 1. The molecule has 0 aliphatic rings. The van der Waals surface area contributed by atoms with Gasteiger partial charge in [0, 0.05) is 29.2 Å². The minimum atomic E-state index is -0.739. The number of ether oxygens (including phenoxy) is 2. The molecule has 28 heavy (non-hydrogen) atoms. The predicted molar refractivity (Wildman–Crippen MR) is 113 cm³/mol. The summed E-state index contributed by atoms with van der Waals surface area (Å²) < 4.78 is 11.3. The normalized spacial score (nSPS) is 13.1. The van der Waals surface area contributed by atoms with Crippen molar-refractivity contribution in [2.75, 3.05) is 13.7 Å². The van der Waals surface area contributed by atoms with Gasteiger partial charge in [-0.1, -0.05) is 18.2 Å². The van der Waals surface area contributed by atoms with Gasteiger partial charge in [-0.25, -0.2) is 0 Å². The van der Waals surface area contributed by atoms with Crippen molar-refractivity contribution in [1.82, 2.24) is 9.88 Å². The van der Waals surface area contributed by atoms with Gasteiger partial charge in [0.25, 0.3) is 0 Å². The number of hydrogen-bond acceptors (Lipinski definition) is 4. The molecule has 2 N–H and O–H groups in total. The third-order valence-electron chi connectivity index (χ3n) is 4.99. The largest absolute Gasteiger partial charge is 0.497 e. The first kappa shape index (κ1) is 20.2. The Bertz CT molecular complexity index is 910. The van der Waals surface area contributed by atoms with Crippen LogP contribution < -0.4 is 9.47 Å². The molecule has 3 rings (SSSR count). The van der Waals surface area contributed by atoms with Crippen molar-refractivity contribution in [3.8, 4) is 11.5 Å². The van der Waals surface area contributed by atoms with Gasteiger partial charge < -0.3 is 19.6 Å². The van der Waals surface area contributed by atoms with E-state index in [9.17, 15) is 5.11 Å². The van der Waals surface area contributed by atoms with Gasteiger partial charge in [0.2, 0.25) is 0 Å². The zero-order chi connectivity index (χ0) is 20.3. The number of hydrogen-bond donors (Lipinski definition) is 2. The molecule has 5 nitrogen and oxygen atoms in total. The van der Waals surface area contributed by atoms with E-state index < -0.39 is 6.23 Å². The van der Waals surface area contributed by atoms with Crippen LogP contribution in [-0.4, -0.2) is 40.5 Å². The summed E-state index contributed by atoms with van der Waals surface area (Å²) in [6.45, 7) is 9.14. The second kappa shape index (κ2) is 8.25. The predicted octanol–water partition coefficient (Wildman–Crippen LogP) is 4.48. The number of aliphatic hydroxyl groups excluding tert-OH is 1. The average Bonchev–Trinajstić information content (AvgIpc) is 3.05. The van der Waals surface area contributed by atoms with Crippen molar-refractivity contribution >= 4 is 10.9 Å². The van der Waals surface area contributed by atoms with E-state index in [1.54, 1.807) is 7.11 Å². The van der Waals surface area contributed by atoms with Crippen LogP contribution in [0.25, 0.3) is 10.9 Å². The molecule has 1 aromatic heterocycles. The Kier molecular flexibility index (Phi) is 5.96. The summed E-state index contributed by atoms with van der Waals surface area (Å²) in [5.74, 6) is 1.61. The van der Waals surface area contributed by atoms with Crippen LogP contribution in [0, 0.1) is 6.92 Å². The zero-order valence-corrected chi connectivity index (χ0v) is 17.3. The summed E-state index contributed by atoms with van der Waals surface area (Å²) in [4.78, 5) is 5.28. The first-order valence-electron chi connectivity index (χ1n) is 9.57. The van der Waals surface area contributed by atoms with E-state index in [4.69, 9.17) is 9.47 Å². The highest BCUT2D eigenvalue weighted by atomic mass is 16.5. The SMILES string of the molecule is COc1ccc(CN([C@@H](O)COc2cccc3[nH]cc(C)c23)C(C)(C)C)cc1. The lowest BCUT2D eigenvalue weighted by atomic mass is 10.0. The Hall–Kier alpha value is -2.50. The van der Waals surface area contributed by atoms with E-state index >= 15 is 0 Å². The molecule has 1 heterocycles. The monoisotopic (exact) mass is 382 g/mol. The molecule has 0 bridgehead atoms. The van der Waals surface area contributed by atoms with Gasteiger partial charge >= 0.3 is 0 Å². The highest BCUT2D eigenvalue weighted by Crippen LogP contribution is 2.29. The molecule has 3 aromatic rings. The number of nitrogens with zero attached hydrogens (tertiary/aromatic N) is 1. The lowest BCUT2D eigenvalue weighted by Crippen LogP contribution is -2.49. The second-order valence-electron chi connectivity index (χ2n) is 8.09. The number of H-pyrrole nitrogens is 1. The molecule has 1 atom stereocenters. The number of aliphatic hydroxyl groups is 1. The maximum Gasteiger partial charge on any atom is 0.142 e. The highest BCUT2D eigenvalue weighted by molar-refractivity contribution is 5.89. The van der Waals surface area contributed by atoms with Gasteiger partial charge in [0.15, 0.2) is 0 Å². The van der Waals surface area contributed by atoms with E-state index in [0.29, 0.717) is 6.54 Å². The standard InChI is InChI=1S/C23H30N2O3/c1-16-13-24-19-7-6-8-20(22(16)19)28-15-21(26)25(23(2,3)4)14-17-9-11-18(27-5)12-10-17/h6-13,21,24,26H,14-15H2,1-5H3/t21-/m0/s1. The number of aryl methyl sites for hydroxylation is 1. The first-order valence-corrected chi connectivity index (χ1v) is 9.57. The minimum absolute atomic E-state index is 0.192. The first-order chi connectivity index (χ1) is 13.3.